The number of urea groups is 1. The minimum atomic E-state index is -1.26. The van der Waals surface area contributed by atoms with E-state index in [1.165, 1.54) is 0 Å². The number of carboxylic acid groups (broad SMARTS) is 1. The van der Waals surface area contributed by atoms with Gasteiger partial charge in [-0.15, -0.1) is 0 Å². The van der Waals surface area contributed by atoms with E-state index in [-0.39, 0.29) is 0 Å². The first-order valence-corrected chi connectivity index (χ1v) is 6.07. The van der Waals surface area contributed by atoms with E-state index < -0.39 is 17.9 Å². The summed E-state index contributed by atoms with van der Waals surface area (Å²) in [5, 5.41) is 14.7. The van der Waals surface area contributed by atoms with E-state index in [4.69, 9.17) is 5.11 Å². The van der Waals surface area contributed by atoms with Gasteiger partial charge in [-0.25, -0.2) is 9.59 Å². The minimum absolute atomic E-state index is 0.556. The van der Waals surface area contributed by atoms with Crippen molar-refractivity contribution in [1.82, 2.24) is 5.32 Å². The molecule has 0 aliphatic carbocycles. The van der Waals surface area contributed by atoms with E-state index in [1.807, 2.05) is 35.6 Å². The molecule has 0 aromatic heterocycles. The van der Waals surface area contributed by atoms with Crippen molar-refractivity contribution in [2.24, 2.45) is 0 Å². The molecule has 0 unspecified atom stereocenters. The number of imide groups is 1. The van der Waals surface area contributed by atoms with Crippen LogP contribution in [0, 0.1) is 0 Å². The van der Waals surface area contributed by atoms with Gasteiger partial charge in [0.05, 0.1) is 5.69 Å². The predicted molar refractivity (Wildman–Crippen MR) is 77.9 cm³/mol. The van der Waals surface area contributed by atoms with Crippen LogP contribution < -0.4 is 10.6 Å². The van der Waals surface area contributed by atoms with Gasteiger partial charge in [-0.05, 0) is 11.5 Å². The zero-order valence-electron chi connectivity index (χ0n) is 10.9. The molecule has 0 atom stereocenters. The molecule has 0 heterocycles. The topological polar surface area (TPSA) is 95.5 Å². The second-order valence-corrected chi connectivity index (χ2v) is 4.14. The zero-order valence-corrected chi connectivity index (χ0v) is 10.9. The highest BCUT2D eigenvalue weighted by Crippen LogP contribution is 2.22. The Kier molecular flexibility index (Phi) is 4.30. The van der Waals surface area contributed by atoms with Gasteiger partial charge in [-0.1, -0.05) is 36.4 Å². The van der Waals surface area contributed by atoms with E-state index in [0.717, 1.165) is 16.8 Å². The van der Waals surface area contributed by atoms with Gasteiger partial charge in [-0.2, -0.15) is 0 Å². The van der Waals surface area contributed by atoms with Crippen molar-refractivity contribution < 1.29 is 19.5 Å². The SMILES string of the molecule is O=C(O)/C=C/C(=O)NC(=O)Nc1cccc2ccccc12. The van der Waals surface area contributed by atoms with Crippen molar-refractivity contribution in [2.45, 2.75) is 0 Å². The van der Waals surface area contributed by atoms with Crippen LogP contribution in [0.3, 0.4) is 0 Å². The Morgan fingerprint density at radius 3 is 2.43 bits per heavy atom. The lowest BCUT2D eigenvalue weighted by Crippen LogP contribution is -2.33. The van der Waals surface area contributed by atoms with Crippen LogP contribution in [0.5, 0.6) is 0 Å². The van der Waals surface area contributed by atoms with Crippen LogP contribution in [0.25, 0.3) is 10.8 Å². The highest BCUT2D eigenvalue weighted by atomic mass is 16.4. The zero-order chi connectivity index (χ0) is 15.2. The number of benzene rings is 2. The molecule has 21 heavy (non-hydrogen) atoms. The van der Waals surface area contributed by atoms with E-state index >= 15 is 0 Å². The van der Waals surface area contributed by atoms with E-state index in [2.05, 4.69) is 5.32 Å². The molecular weight excluding hydrogens is 272 g/mol. The maximum atomic E-state index is 11.7. The molecule has 0 aliphatic rings. The molecule has 0 aliphatic heterocycles. The van der Waals surface area contributed by atoms with Crippen LogP contribution in [0.2, 0.25) is 0 Å². The molecule has 6 nitrogen and oxygen atoms in total. The Bertz CT molecular complexity index is 732. The highest BCUT2D eigenvalue weighted by molar-refractivity contribution is 6.09. The number of anilines is 1. The number of aliphatic carboxylic acids is 1. The van der Waals surface area contributed by atoms with Gasteiger partial charge in [0, 0.05) is 17.5 Å². The number of carbonyl (C=O) groups is 3. The lowest BCUT2D eigenvalue weighted by Gasteiger charge is -2.08. The van der Waals surface area contributed by atoms with Crippen molar-refractivity contribution in [3.63, 3.8) is 0 Å². The normalized spacial score (nSPS) is 10.5. The number of carbonyl (C=O) groups excluding carboxylic acids is 2. The summed E-state index contributed by atoms with van der Waals surface area (Å²) in [6, 6.07) is 12.1. The summed E-state index contributed by atoms with van der Waals surface area (Å²) in [5.74, 6) is -2.07. The molecule has 2 aromatic carbocycles. The number of fused-ring (bicyclic) bond motifs is 1. The fourth-order valence-corrected chi connectivity index (χ4v) is 1.79. The van der Waals surface area contributed by atoms with E-state index in [9.17, 15) is 14.4 Å². The summed E-state index contributed by atoms with van der Waals surface area (Å²) in [4.78, 5) is 33.2. The maximum Gasteiger partial charge on any atom is 0.328 e. The molecule has 2 rings (SSSR count). The van der Waals surface area contributed by atoms with Crippen LogP contribution in [-0.4, -0.2) is 23.0 Å². The van der Waals surface area contributed by atoms with Crippen LogP contribution >= 0.6 is 0 Å². The highest BCUT2D eigenvalue weighted by Gasteiger charge is 2.07. The molecule has 106 valence electrons. The number of hydrogen-bond donors (Lipinski definition) is 3. The van der Waals surface area contributed by atoms with Crippen LogP contribution in [0.1, 0.15) is 0 Å². The number of hydrogen-bond acceptors (Lipinski definition) is 3. The summed E-state index contributed by atoms with van der Waals surface area (Å²) < 4.78 is 0. The summed E-state index contributed by atoms with van der Waals surface area (Å²) in [5.41, 5.74) is 0.556. The first-order valence-electron chi connectivity index (χ1n) is 6.07. The molecule has 0 saturated carbocycles. The Balaban J connectivity index is 2.08. The van der Waals surface area contributed by atoms with Crippen molar-refractivity contribution in [2.75, 3.05) is 5.32 Å². The molecule has 0 spiro atoms. The monoisotopic (exact) mass is 284 g/mol. The summed E-state index contributed by atoms with van der Waals surface area (Å²) >= 11 is 0. The lowest BCUT2D eigenvalue weighted by atomic mass is 10.1. The van der Waals surface area contributed by atoms with Gasteiger partial charge >= 0.3 is 12.0 Å². The summed E-state index contributed by atoms with van der Waals surface area (Å²) in [6.45, 7) is 0. The smallest absolute Gasteiger partial charge is 0.328 e. The molecular formula is C15H12N2O4. The van der Waals surface area contributed by atoms with Crippen molar-refractivity contribution in [3.8, 4) is 0 Å². The van der Waals surface area contributed by atoms with Crippen LogP contribution in [0.4, 0.5) is 10.5 Å². The van der Waals surface area contributed by atoms with Gasteiger partial charge in [0.25, 0.3) is 5.91 Å². The minimum Gasteiger partial charge on any atom is -0.478 e. The Labute approximate surface area is 120 Å². The van der Waals surface area contributed by atoms with Gasteiger partial charge in [-0.3, -0.25) is 10.1 Å². The largest absolute Gasteiger partial charge is 0.478 e. The third-order valence-corrected chi connectivity index (χ3v) is 2.65. The third kappa shape index (κ3) is 3.90. The first-order chi connectivity index (χ1) is 10.1. The quantitative estimate of drug-likeness (QED) is 0.752. The molecule has 6 heteroatoms. The number of carboxylic acids is 1. The standard InChI is InChI=1S/C15H12N2O4/c18-13(8-9-14(19)20)17-15(21)16-12-7-3-5-10-4-1-2-6-11(10)12/h1-9H,(H,19,20)(H2,16,17,18,21)/b9-8+. The second-order valence-electron chi connectivity index (χ2n) is 4.14. The van der Waals surface area contributed by atoms with Gasteiger partial charge in [0.2, 0.25) is 0 Å². The van der Waals surface area contributed by atoms with Gasteiger partial charge in [0.15, 0.2) is 0 Å². The Hall–Kier alpha value is -3.15. The Morgan fingerprint density at radius 2 is 1.67 bits per heavy atom. The Morgan fingerprint density at radius 1 is 0.952 bits per heavy atom. The number of nitrogens with one attached hydrogen (secondary N) is 2. The van der Waals surface area contributed by atoms with Gasteiger partial charge in [0.1, 0.15) is 0 Å². The van der Waals surface area contributed by atoms with E-state index in [0.29, 0.717) is 11.8 Å². The van der Waals surface area contributed by atoms with Crippen molar-refractivity contribution in [1.29, 1.82) is 0 Å². The average Bonchev–Trinajstić information content (AvgIpc) is 2.45. The van der Waals surface area contributed by atoms with Crippen LogP contribution in [0.15, 0.2) is 54.6 Å². The van der Waals surface area contributed by atoms with Crippen molar-refractivity contribution in [3.05, 3.63) is 54.6 Å². The molecule has 0 fully saturated rings. The molecule has 0 radical (unpaired) electrons. The molecule has 0 bridgehead atoms. The summed E-state index contributed by atoms with van der Waals surface area (Å²) in [7, 11) is 0. The molecule has 3 N–H and O–H groups in total. The molecule has 2 aromatic rings. The lowest BCUT2D eigenvalue weighted by molar-refractivity contribution is -0.131. The molecule has 0 saturated heterocycles. The predicted octanol–water partition coefficient (Wildman–Crippen LogP) is 2.13. The maximum absolute atomic E-state index is 11.7. The second kappa shape index (κ2) is 6.33. The fraction of sp³-hybridized carbons (Fsp3) is 0. The average molecular weight is 284 g/mol. The van der Waals surface area contributed by atoms with Gasteiger partial charge < -0.3 is 10.4 Å². The molecule has 3 amide bonds. The first kappa shape index (κ1) is 14.3. The summed E-state index contributed by atoms with van der Waals surface area (Å²) in [6.07, 6.45) is 1.42. The van der Waals surface area contributed by atoms with E-state index in [1.54, 1.807) is 12.1 Å². The fourth-order valence-electron chi connectivity index (χ4n) is 1.79. The van der Waals surface area contributed by atoms with Crippen molar-refractivity contribution >= 4 is 34.4 Å². The number of rotatable bonds is 3. The third-order valence-electron chi connectivity index (χ3n) is 2.65. The van der Waals surface area contributed by atoms with Crippen LogP contribution in [-0.2, 0) is 9.59 Å². The number of amides is 3.